The average Bonchev–Trinajstić information content (AvgIpc) is 2.73. The minimum Gasteiger partial charge on any atom is -0.311 e. The van der Waals surface area contributed by atoms with Crippen LogP contribution in [0.4, 0.5) is 0 Å². The van der Waals surface area contributed by atoms with Crippen LogP contribution in [-0.4, -0.2) is 27.3 Å². The molecule has 2 unspecified atom stereocenters. The number of tetrazole rings is 1. The van der Waals surface area contributed by atoms with E-state index >= 15 is 0 Å². The first-order valence-corrected chi connectivity index (χ1v) is 5.69. The van der Waals surface area contributed by atoms with Crippen molar-refractivity contribution in [1.29, 1.82) is 0 Å². The molecule has 0 aromatic carbocycles. The molecular weight excluding hydrogens is 190 g/mol. The highest BCUT2D eigenvalue weighted by Crippen LogP contribution is 2.20. The van der Waals surface area contributed by atoms with Crippen LogP contribution in [-0.2, 0) is 0 Å². The molecule has 0 spiro atoms. The van der Waals surface area contributed by atoms with E-state index in [0.717, 1.165) is 25.1 Å². The fourth-order valence-corrected chi connectivity index (χ4v) is 1.71. The monoisotopic (exact) mass is 211 g/mol. The number of hydrogen-bond donors (Lipinski definition) is 1. The van der Waals surface area contributed by atoms with Gasteiger partial charge in [0.1, 0.15) is 0 Å². The van der Waals surface area contributed by atoms with Crippen molar-refractivity contribution in [2.75, 3.05) is 7.05 Å². The maximum Gasteiger partial charge on any atom is 0.168 e. The van der Waals surface area contributed by atoms with Gasteiger partial charge >= 0.3 is 0 Å². The quantitative estimate of drug-likeness (QED) is 0.778. The second kappa shape index (κ2) is 5.80. The zero-order valence-electron chi connectivity index (χ0n) is 10.1. The molecule has 1 aromatic heterocycles. The summed E-state index contributed by atoms with van der Waals surface area (Å²) in [6.07, 6.45) is 3.36. The molecule has 0 fully saturated rings. The van der Waals surface area contributed by atoms with Gasteiger partial charge in [-0.15, -0.1) is 5.10 Å². The molecule has 2 atom stereocenters. The van der Waals surface area contributed by atoms with Crippen molar-refractivity contribution in [2.24, 2.45) is 0 Å². The van der Waals surface area contributed by atoms with Crippen LogP contribution in [0, 0.1) is 0 Å². The predicted octanol–water partition coefficient (Wildman–Crippen LogP) is 1.70. The summed E-state index contributed by atoms with van der Waals surface area (Å²) in [5, 5.41) is 15.1. The minimum atomic E-state index is 0.200. The largest absolute Gasteiger partial charge is 0.311 e. The molecule has 86 valence electrons. The zero-order chi connectivity index (χ0) is 11.3. The van der Waals surface area contributed by atoms with Crippen LogP contribution in [0.5, 0.6) is 0 Å². The van der Waals surface area contributed by atoms with E-state index in [1.54, 1.807) is 0 Å². The van der Waals surface area contributed by atoms with Crippen molar-refractivity contribution in [2.45, 2.75) is 52.1 Å². The maximum absolute atomic E-state index is 4.09. The molecule has 1 N–H and O–H groups in total. The summed E-state index contributed by atoms with van der Waals surface area (Å²) >= 11 is 0. The molecule has 1 aromatic rings. The molecular formula is C10H21N5. The van der Waals surface area contributed by atoms with Crippen molar-refractivity contribution in [3.63, 3.8) is 0 Å². The highest BCUT2D eigenvalue weighted by molar-refractivity contribution is 4.91. The molecule has 5 heteroatoms. The Morgan fingerprint density at radius 1 is 1.40 bits per heavy atom. The van der Waals surface area contributed by atoms with Gasteiger partial charge in [-0.25, -0.2) is 4.68 Å². The zero-order valence-corrected chi connectivity index (χ0v) is 10.1. The van der Waals surface area contributed by atoms with Gasteiger partial charge in [-0.3, -0.25) is 0 Å². The molecule has 0 saturated heterocycles. The summed E-state index contributed by atoms with van der Waals surface area (Å²) in [6, 6.07) is 0.627. The third kappa shape index (κ3) is 2.75. The van der Waals surface area contributed by atoms with Crippen molar-refractivity contribution in [3.05, 3.63) is 5.82 Å². The lowest BCUT2D eigenvalue weighted by Crippen LogP contribution is -2.21. The second-order valence-electron chi connectivity index (χ2n) is 3.84. The van der Waals surface area contributed by atoms with Crippen LogP contribution in [0.2, 0.25) is 0 Å². The van der Waals surface area contributed by atoms with Crippen LogP contribution in [0.25, 0.3) is 0 Å². The van der Waals surface area contributed by atoms with Gasteiger partial charge in [-0.1, -0.05) is 20.3 Å². The van der Waals surface area contributed by atoms with E-state index in [0.29, 0.717) is 6.04 Å². The fourth-order valence-electron chi connectivity index (χ4n) is 1.71. The lowest BCUT2D eigenvalue weighted by molar-refractivity contribution is 0.375. The summed E-state index contributed by atoms with van der Waals surface area (Å²) in [7, 11) is 1.92. The Labute approximate surface area is 91.2 Å². The predicted molar refractivity (Wildman–Crippen MR) is 59.5 cm³/mol. The third-order valence-electron chi connectivity index (χ3n) is 2.78. The molecule has 0 aliphatic rings. The van der Waals surface area contributed by atoms with Crippen molar-refractivity contribution in [1.82, 2.24) is 25.5 Å². The van der Waals surface area contributed by atoms with Gasteiger partial charge in [0.25, 0.3) is 0 Å². The Kier molecular flexibility index (Phi) is 4.68. The summed E-state index contributed by atoms with van der Waals surface area (Å²) in [5.41, 5.74) is 0. The first-order chi connectivity index (χ1) is 7.24. The highest BCUT2D eigenvalue weighted by Gasteiger charge is 2.18. The first-order valence-electron chi connectivity index (χ1n) is 5.69. The van der Waals surface area contributed by atoms with Gasteiger partial charge in [-0.05, 0) is 37.2 Å². The van der Waals surface area contributed by atoms with Crippen molar-refractivity contribution >= 4 is 0 Å². The van der Waals surface area contributed by atoms with E-state index < -0.39 is 0 Å². The van der Waals surface area contributed by atoms with E-state index in [1.807, 2.05) is 11.7 Å². The van der Waals surface area contributed by atoms with Crippen LogP contribution >= 0.6 is 0 Å². The second-order valence-corrected chi connectivity index (χ2v) is 3.84. The molecule has 0 radical (unpaired) electrons. The summed E-state index contributed by atoms with van der Waals surface area (Å²) < 4.78 is 1.96. The Morgan fingerprint density at radius 2 is 2.13 bits per heavy atom. The van der Waals surface area contributed by atoms with Crippen LogP contribution in [0.1, 0.15) is 57.9 Å². The summed E-state index contributed by atoms with van der Waals surface area (Å²) in [6.45, 7) is 6.44. The van der Waals surface area contributed by atoms with E-state index in [-0.39, 0.29) is 6.04 Å². The Morgan fingerprint density at radius 3 is 2.67 bits per heavy atom. The Bertz CT molecular complexity index is 283. The smallest absolute Gasteiger partial charge is 0.168 e. The Hall–Kier alpha value is -0.970. The number of nitrogens with one attached hydrogen (secondary N) is 1. The molecule has 1 heterocycles. The van der Waals surface area contributed by atoms with Crippen LogP contribution in [0.3, 0.4) is 0 Å². The maximum atomic E-state index is 4.09. The number of hydrogen-bond acceptors (Lipinski definition) is 4. The SMILES string of the molecule is CCCC(CC)n1nnnc1C(C)NC. The highest BCUT2D eigenvalue weighted by atomic mass is 15.6. The topological polar surface area (TPSA) is 55.6 Å². The van der Waals surface area contributed by atoms with E-state index in [9.17, 15) is 0 Å². The molecule has 0 amide bonds. The van der Waals surface area contributed by atoms with Gasteiger partial charge in [0.05, 0.1) is 12.1 Å². The lowest BCUT2D eigenvalue weighted by atomic mass is 10.1. The average molecular weight is 211 g/mol. The van der Waals surface area contributed by atoms with E-state index in [4.69, 9.17) is 0 Å². The van der Waals surface area contributed by atoms with Crippen molar-refractivity contribution in [3.8, 4) is 0 Å². The van der Waals surface area contributed by atoms with E-state index in [1.165, 1.54) is 0 Å². The summed E-state index contributed by atoms with van der Waals surface area (Å²) in [5.74, 6) is 0.929. The Balaban J connectivity index is 2.86. The molecule has 15 heavy (non-hydrogen) atoms. The van der Waals surface area contributed by atoms with Gasteiger partial charge in [0.2, 0.25) is 0 Å². The normalized spacial score (nSPS) is 15.2. The third-order valence-corrected chi connectivity index (χ3v) is 2.78. The molecule has 0 saturated carbocycles. The fraction of sp³-hybridized carbons (Fsp3) is 0.900. The number of nitrogens with zero attached hydrogens (tertiary/aromatic N) is 4. The van der Waals surface area contributed by atoms with Gasteiger partial charge < -0.3 is 5.32 Å². The van der Waals surface area contributed by atoms with Gasteiger partial charge in [-0.2, -0.15) is 0 Å². The first kappa shape index (κ1) is 12.1. The summed E-state index contributed by atoms with van der Waals surface area (Å²) in [4.78, 5) is 0. The van der Waals surface area contributed by atoms with Crippen molar-refractivity contribution < 1.29 is 0 Å². The molecule has 0 aliphatic heterocycles. The number of aromatic nitrogens is 4. The number of rotatable bonds is 6. The molecule has 1 rings (SSSR count). The van der Waals surface area contributed by atoms with Crippen LogP contribution < -0.4 is 5.32 Å². The standard InChI is InChI=1S/C10H21N5/c1-5-7-9(6-2)15-10(8(3)11-4)12-13-14-15/h8-9,11H,5-7H2,1-4H3. The van der Waals surface area contributed by atoms with Gasteiger partial charge in [0.15, 0.2) is 5.82 Å². The lowest BCUT2D eigenvalue weighted by Gasteiger charge is -2.18. The van der Waals surface area contributed by atoms with Gasteiger partial charge in [0, 0.05) is 0 Å². The molecule has 0 aliphatic carbocycles. The molecule has 0 bridgehead atoms. The van der Waals surface area contributed by atoms with E-state index in [2.05, 4.69) is 41.6 Å². The minimum absolute atomic E-state index is 0.200. The molecule has 5 nitrogen and oxygen atoms in total. The van der Waals surface area contributed by atoms with Crippen LogP contribution in [0.15, 0.2) is 0 Å².